The van der Waals surface area contributed by atoms with Crippen molar-refractivity contribution < 1.29 is 32.5 Å². The van der Waals surface area contributed by atoms with Crippen LogP contribution in [0, 0.1) is 6.92 Å². The van der Waals surface area contributed by atoms with Crippen molar-refractivity contribution in [2.45, 2.75) is 13.1 Å². The number of fused-ring (bicyclic) bond motifs is 1. The Morgan fingerprint density at radius 1 is 1.04 bits per heavy atom. The number of carboxylic acid groups (broad SMARTS) is 1. The van der Waals surface area contributed by atoms with E-state index in [1.807, 2.05) is 31.2 Å². The number of ether oxygens (including phenoxy) is 2. The maximum absolute atomic E-state index is 10.6. The van der Waals surface area contributed by atoms with Gasteiger partial charge in [-0.3, -0.25) is 4.98 Å². The number of aliphatic carboxylic acids is 1. The largest absolute Gasteiger partial charge is 0.490 e. The number of pyridine rings is 1. The van der Waals surface area contributed by atoms with Crippen LogP contribution in [0.2, 0.25) is 0 Å². The van der Waals surface area contributed by atoms with E-state index in [1.54, 1.807) is 13.3 Å². The van der Waals surface area contributed by atoms with Crippen molar-refractivity contribution in [2.24, 2.45) is 0 Å². The first-order valence-electron chi connectivity index (χ1n) is 7.79. The van der Waals surface area contributed by atoms with E-state index in [1.165, 1.54) is 7.11 Å². The number of carboxylic acids is 1. The molecule has 1 N–H and O–H groups in total. The molecule has 2 heterocycles. The fourth-order valence-electron chi connectivity index (χ4n) is 2.28. The SMILES string of the molecule is COc1ncc(-c2cccc3nc(C)ccc23)c(OC)n1.O=C(O)C(F)(F)F. The van der Waals surface area contributed by atoms with Crippen LogP contribution >= 0.6 is 0 Å². The van der Waals surface area contributed by atoms with Crippen molar-refractivity contribution in [3.05, 3.63) is 42.2 Å². The summed E-state index contributed by atoms with van der Waals surface area (Å²) in [5.74, 6) is -2.28. The van der Waals surface area contributed by atoms with Gasteiger partial charge in [0.25, 0.3) is 0 Å². The molecule has 0 aliphatic carbocycles. The van der Waals surface area contributed by atoms with Gasteiger partial charge in [0, 0.05) is 17.3 Å². The van der Waals surface area contributed by atoms with Crippen LogP contribution in [0.15, 0.2) is 36.5 Å². The van der Waals surface area contributed by atoms with Gasteiger partial charge in [-0.25, -0.2) is 9.78 Å². The predicted molar refractivity (Wildman–Crippen MR) is 94.3 cm³/mol. The molecule has 0 radical (unpaired) electrons. The van der Waals surface area contributed by atoms with E-state index in [-0.39, 0.29) is 6.01 Å². The van der Waals surface area contributed by atoms with Crippen LogP contribution < -0.4 is 9.47 Å². The Morgan fingerprint density at radius 2 is 1.71 bits per heavy atom. The first-order chi connectivity index (χ1) is 13.2. The van der Waals surface area contributed by atoms with E-state index in [0.29, 0.717) is 5.88 Å². The highest BCUT2D eigenvalue weighted by Crippen LogP contribution is 2.33. The average Bonchev–Trinajstić information content (AvgIpc) is 2.66. The van der Waals surface area contributed by atoms with Gasteiger partial charge >= 0.3 is 18.2 Å². The Morgan fingerprint density at radius 3 is 2.29 bits per heavy atom. The van der Waals surface area contributed by atoms with Gasteiger partial charge in [0.1, 0.15) is 0 Å². The van der Waals surface area contributed by atoms with Crippen molar-refractivity contribution in [3.8, 4) is 23.0 Å². The predicted octanol–water partition coefficient (Wildman–Crippen LogP) is 3.65. The molecule has 148 valence electrons. The molecule has 1 aromatic carbocycles. The van der Waals surface area contributed by atoms with Gasteiger partial charge in [-0.1, -0.05) is 18.2 Å². The van der Waals surface area contributed by atoms with Crippen LogP contribution in [0.4, 0.5) is 13.2 Å². The number of carbonyl (C=O) groups is 1. The summed E-state index contributed by atoms with van der Waals surface area (Å²) in [6.07, 6.45) is -3.38. The highest BCUT2D eigenvalue weighted by Gasteiger charge is 2.38. The minimum Gasteiger partial charge on any atom is -0.480 e. The summed E-state index contributed by atoms with van der Waals surface area (Å²) in [4.78, 5) is 21.8. The number of hydrogen-bond donors (Lipinski definition) is 1. The summed E-state index contributed by atoms with van der Waals surface area (Å²) in [7, 11) is 3.11. The van der Waals surface area contributed by atoms with E-state index in [9.17, 15) is 13.2 Å². The lowest BCUT2D eigenvalue weighted by atomic mass is 10.0. The molecule has 2 aromatic heterocycles. The second kappa shape index (κ2) is 8.51. The molecular formula is C18H16F3N3O4. The third-order valence-corrected chi connectivity index (χ3v) is 3.51. The van der Waals surface area contributed by atoms with Gasteiger partial charge < -0.3 is 14.6 Å². The van der Waals surface area contributed by atoms with Gasteiger partial charge in [-0.05, 0) is 24.6 Å². The Balaban J connectivity index is 0.000000345. The quantitative estimate of drug-likeness (QED) is 0.723. The summed E-state index contributed by atoms with van der Waals surface area (Å²) in [6, 6.07) is 10.3. The maximum Gasteiger partial charge on any atom is 0.490 e. The fraction of sp³-hybridized carbons (Fsp3) is 0.222. The number of aryl methyl sites for hydroxylation is 1. The van der Waals surface area contributed by atoms with E-state index in [0.717, 1.165) is 27.7 Å². The Hall–Kier alpha value is -3.43. The second-order valence-electron chi connectivity index (χ2n) is 5.41. The Kier molecular flexibility index (Phi) is 6.34. The summed E-state index contributed by atoms with van der Waals surface area (Å²) >= 11 is 0. The zero-order valence-electron chi connectivity index (χ0n) is 15.1. The number of rotatable bonds is 3. The van der Waals surface area contributed by atoms with E-state index in [4.69, 9.17) is 19.4 Å². The lowest BCUT2D eigenvalue weighted by Crippen LogP contribution is -2.21. The van der Waals surface area contributed by atoms with Crippen molar-refractivity contribution in [2.75, 3.05) is 14.2 Å². The lowest BCUT2D eigenvalue weighted by Gasteiger charge is -2.10. The van der Waals surface area contributed by atoms with E-state index >= 15 is 0 Å². The molecule has 0 fully saturated rings. The molecule has 0 aliphatic heterocycles. The molecule has 0 unspecified atom stereocenters. The molecule has 28 heavy (non-hydrogen) atoms. The van der Waals surface area contributed by atoms with E-state index in [2.05, 4.69) is 21.0 Å². The average molecular weight is 395 g/mol. The summed E-state index contributed by atoms with van der Waals surface area (Å²) < 4.78 is 42.1. The minimum absolute atomic E-state index is 0.282. The van der Waals surface area contributed by atoms with Gasteiger partial charge in [0.15, 0.2) is 0 Å². The number of aromatic nitrogens is 3. The third kappa shape index (κ3) is 4.84. The molecule has 10 heteroatoms. The first kappa shape index (κ1) is 20.9. The summed E-state index contributed by atoms with van der Waals surface area (Å²) in [5.41, 5.74) is 3.72. The summed E-state index contributed by atoms with van der Waals surface area (Å²) in [5, 5.41) is 8.16. The Labute approximate surface area is 157 Å². The molecule has 0 spiro atoms. The van der Waals surface area contributed by atoms with Gasteiger partial charge in [0.2, 0.25) is 5.88 Å². The number of methoxy groups -OCH3 is 2. The molecule has 3 rings (SSSR count). The van der Waals surface area contributed by atoms with Crippen molar-refractivity contribution in [1.29, 1.82) is 0 Å². The molecule has 3 aromatic rings. The maximum atomic E-state index is 10.6. The van der Waals surface area contributed by atoms with Gasteiger partial charge in [-0.2, -0.15) is 18.2 Å². The number of hydrogen-bond acceptors (Lipinski definition) is 6. The van der Waals surface area contributed by atoms with Crippen LogP contribution in [0.5, 0.6) is 11.9 Å². The highest BCUT2D eigenvalue weighted by molar-refractivity contribution is 5.95. The molecule has 0 amide bonds. The molecule has 0 bridgehead atoms. The number of nitrogens with zero attached hydrogens (tertiary/aromatic N) is 3. The zero-order valence-corrected chi connectivity index (χ0v) is 15.1. The smallest absolute Gasteiger partial charge is 0.480 e. The van der Waals surface area contributed by atoms with Gasteiger partial charge in [0.05, 0.1) is 25.3 Å². The van der Waals surface area contributed by atoms with Crippen LogP contribution in [0.25, 0.3) is 22.0 Å². The standard InChI is InChI=1S/C16H15N3O2.C2HF3O2/c1-10-7-8-12-11(5-4-6-14(12)18-10)13-9-17-16(21-3)19-15(13)20-2;3-2(4,5)1(6)7/h4-9H,1-3H3;(H,6,7). The molecular weight excluding hydrogens is 379 g/mol. The van der Waals surface area contributed by atoms with Crippen LogP contribution in [0.1, 0.15) is 5.69 Å². The number of halogens is 3. The zero-order chi connectivity index (χ0) is 20.9. The summed E-state index contributed by atoms with van der Waals surface area (Å²) in [6.45, 7) is 1.98. The molecule has 7 nitrogen and oxygen atoms in total. The van der Waals surface area contributed by atoms with Crippen molar-refractivity contribution in [1.82, 2.24) is 15.0 Å². The number of alkyl halides is 3. The van der Waals surface area contributed by atoms with Crippen LogP contribution in [-0.2, 0) is 4.79 Å². The lowest BCUT2D eigenvalue weighted by molar-refractivity contribution is -0.192. The fourth-order valence-corrected chi connectivity index (χ4v) is 2.28. The highest BCUT2D eigenvalue weighted by atomic mass is 19.4. The topological polar surface area (TPSA) is 94.4 Å². The minimum atomic E-state index is -5.08. The van der Waals surface area contributed by atoms with Gasteiger partial charge in [-0.15, -0.1) is 0 Å². The first-order valence-corrected chi connectivity index (χ1v) is 7.79. The van der Waals surface area contributed by atoms with Crippen LogP contribution in [0.3, 0.4) is 0 Å². The Bertz CT molecular complexity index is 993. The normalized spacial score (nSPS) is 10.8. The molecule has 0 atom stereocenters. The molecule has 0 saturated carbocycles. The van der Waals surface area contributed by atoms with E-state index < -0.39 is 12.1 Å². The molecule has 0 saturated heterocycles. The van der Waals surface area contributed by atoms with Crippen LogP contribution in [-0.4, -0.2) is 46.4 Å². The van der Waals surface area contributed by atoms with Crippen molar-refractivity contribution >= 4 is 16.9 Å². The second-order valence-corrected chi connectivity index (χ2v) is 5.41. The molecule has 0 aliphatic rings. The third-order valence-electron chi connectivity index (χ3n) is 3.51. The van der Waals surface area contributed by atoms with Crippen molar-refractivity contribution in [3.63, 3.8) is 0 Å². The monoisotopic (exact) mass is 395 g/mol. The number of benzene rings is 1.